The minimum absolute atomic E-state index is 0.0117. The Balaban J connectivity index is 2.03. The molecule has 0 aliphatic rings. The molecule has 0 aromatic heterocycles. The van der Waals surface area contributed by atoms with Crippen LogP contribution in [0.1, 0.15) is 35.1 Å². The normalized spacial score (nSPS) is 12.3. The lowest BCUT2D eigenvalue weighted by atomic mass is 9.99. The molecule has 0 bridgehead atoms. The Labute approximate surface area is 167 Å². The van der Waals surface area contributed by atoms with Crippen LogP contribution < -0.4 is 0 Å². The summed E-state index contributed by atoms with van der Waals surface area (Å²) in [4.78, 5) is 12.0. The molecule has 0 aliphatic heterocycles. The first kappa shape index (κ1) is 22.6. The molecule has 0 fully saturated rings. The zero-order valence-corrected chi connectivity index (χ0v) is 15.7. The summed E-state index contributed by atoms with van der Waals surface area (Å²) in [6.07, 6.45) is -9.68. The van der Waals surface area contributed by atoms with Crippen molar-refractivity contribution in [3.05, 3.63) is 68.7 Å². The molecule has 0 atom stereocenters. The van der Waals surface area contributed by atoms with Crippen molar-refractivity contribution in [2.45, 2.75) is 38.0 Å². The van der Waals surface area contributed by atoms with Gasteiger partial charge in [-0.2, -0.15) is 26.3 Å². The summed E-state index contributed by atoms with van der Waals surface area (Å²) in [6, 6.07) is 6.13. The average Bonchev–Trinajstić information content (AvgIpc) is 2.56. The summed E-state index contributed by atoms with van der Waals surface area (Å²) < 4.78 is 77.1. The number of carbonyl (C=O) groups excluding carboxylic acids is 1. The van der Waals surface area contributed by atoms with Crippen LogP contribution in [-0.2, 0) is 30.0 Å². The Kier molecular flexibility index (Phi) is 7.04. The Morgan fingerprint density at radius 1 is 0.786 bits per heavy atom. The van der Waals surface area contributed by atoms with Gasteiger partial charge in [0.2, 0.25) is 0 Å². The third kappa shape index (κ3) is 6.41. The first-order chi connectivity index (χ1) is 12.9. The second kappa shape index (κ2) is 8.74. The van der Waals surface area contributed by atoms with Crippen LogP contribution in [0.5, 0.6) is 0 Å². The Bertz CT molecular complexity index is 826. The summed E-state index contributed by atoms with van der Waals surface area (Å²) in [7, 11) is 0. The third-order valence-electron chi connectivity index (χ3n) is 3.95. The van der Waals surface area contributed by atoms with Gasteiger partial charge in [0.1, 0.15) is 5.78 Å². The molecule has 0 N–H and O–H groups in total. The smallest absolute Gasteiger partial charge is 0.299 e. The van der Waals surface area contributed by atoms with Crippen LogP contribution in [0.15, 0.2) is 36.4 Å². The molecule has 9 heteroatoms. The van der Waals surface area contributed by atoms with Gasteiger partial charge in [-0.1, -0.05) is 29.3 Å². The van der Waals surface area contributed by atoms with Gasteiger partial charge in [0.05, 0.1) is 21.2 Å². The number of ketones is 1. The molecule has 0 saturated carbocycles. The molecular formula is C19H14Cl2F6O. The van der Waals surface area contributed by atoms with Gasteiger partial charge in [-0.05, 0) is 54.3 Å². The Morgan fingerprint density at radius 2 is 1.36 bits per heavy atom. The fraction of sp³-hybridized carbons (Fsp3) is 0.316. The standard InChI is InChI=1S/C19H14Cl2F6O/c20-16-5-4-12(9-17(16)21)8-15(28)3-1-2-11-6-13(18(22,23)24)10-14(7-11)19(25,26)27/h4-7,9-10H,1-3,8H2. The summed E-state index contributed by atoms with van der Waals surface area (Å²) in [6.45, 7) is 0. The monoisotopic (exact) mass is 442 g/mol. The van der Waals surface area contributed by atoms with Crippen molar-refractivity contribution < 1.29 is 31.1 Å². The number of rotatable bonds is 6. The highest BCUT2D eigenvalue weighted by atomic mass is 35.5. The number of carbonyl (C=O) groups is 1. The fourth-order valence-electron chi connectivity index (χ4n) is 2.62. The van der Waals surface area contributed by atoms with Gasteiger partial charge in [0.25, 0.3) is 0 Å². The van der Waals surface area contributed by atoms with Gasteiger partial charge in [-0.25, -0.2) is 0 Å². The second-order valence-corrected chi connectivity index (χ2v) is 7.05. The molecule has 0 aliphatic carbocycles. The van der Waals surface area contributed by atoms with Crippen molar-refractivity contribution in [3.63, 3.8) is 0 Å². The van der Waals surface area contributed by atoms with Crippen LogP contribution >= 0.6 is 23.2 Å². The first-order valence-electron chi connectivity index (χ1n) is 8.10. The molecule has 0 saturated heterocycles. The van der Waals surface area contributed by atoms with E-state index in [2.05, 4.69) is 0 Å². The first-order valence-corrected chi connectivity index (χ1v) is 8.86. The minimum atomic E-state index is -4.89. The highest BCUT2D eigenvalue weighted by Gasteiger charge is 2.36. The van der Waals surface area contributed by atoms with E-state index in [1.807, 2.05) is 0 Å². The molecular weight excluding hydrogens is 429 g/mol. The molecule has 2 rings (SSSR count). The van der Waals surface area contributed by atoms with Crippen LogP contribution in [-0.4, -0.2) is 5.78 Å². The van der Waals surface area contributed by atoms with Crippen molar-refractivity contribution in [1.82, 2.24) is 0 Å². The SMILES string of the molecule is O=C(CCCc1cc(C(F)(F)F)cc(C(F)(F)F)c1)Cc1ccc(Cl)c(Cl)c1. The van der Waals surface area contributed by atoms with Gasteiger partial charge in [-0.3, -0.25) is 4.79 Å². The average molecular weight is 443 g/mol. The second-order valence-electron chi connectivity index (χ2n) is 6.23. The Morgan fingerprint density at radius 3 is 1.86 bits per heavy atom. The zero-order valence-electron chi connectivity index (χ0n) is 14.2. The van der Waals surface area contributed by atoms with E-state index >= 15 is 0 Å². The van der Waals surface area contributed by atoms with Gasteiger partial charge in [-0.15, -0.1) is 0 Å². The van der Waals surface area contributed by atoms with Crippen LogP contribution in [0, 0.1) is 0 Å². The van der Waals surface area contributed by atoms with Crippen molar-refractivity contribution in [3.8, 4) is 0 Å². The largest absolute Gasteiger partial charge is 0.416 e. The fourth-order valence-corrected chi connectivity index (χ4v) is 2.94. The van der Waals surface area contributed by atoms with Crippen LogP contribution in [0.3, 0.4) is 0 Å². The quantitative estimate of drug-likeness (QED) is 0.433. The van der Waals surface area contributed by atoms with E-state index in [9.17, 15) is 31.1 Å². The summed E-state index contributed by atoms with van der Waals surface area (Å²) in [5, 5.41) is 0.624. The topological polar surface area (TPSA) is 17.1 Å². The van der Waals surface area contributed by atoms with E-state index in [1.54, 1.807) is 6.07 Å². The van der Waals surface area contributed by atoms with E-state index in [0.29, 0.717) is 22.7 Å². The molecule has 0 radical (unpaired) electrons. The summed E-state index contributed by atoms with van der Waals surface area (Å²) in [5.74, 6) is -0.207. The number of hydrogen-bond acceptors (Lipinski definition) is 1. The van der Waals surface area contributed by atoms with E-state index in [0.717, 1.165) is 0 Å². The molecule has 2 aromatic carbocycles. The van der Waals surface area contributed by atoms with Crippen LogP contribution in [0.25, 0.3) is 0 Å². The molecule has 28 heavy (non-hydrogen) atoms. The lowest BCUT2D eigenvalue weighted by Crippen LogP contribution is -2.12. The lowest BCUT2D eigenvalue weighted by Gasteiger charge is -2.14. The number of hydrogen-bond donors (Lipinski definition) is 0. The van der Waals surface area contributed by atoms with E-state index in [4.69, 9.17) is 23.2 Å². The molecule has 2 aromatic rings. The number of alkyl halides is 6. The predicted molar refractivity (Wildman–Crippen MR) is 94.6 cm³/mol. The highest BCUT2D eigenvalue weighted by molar-refractivity contribution is 6.42. The van der Waals surface area contributed by atoms with Crippen molar-refractivity contribution in [1.29, 1.82) is 0 Å². The summed E-state index contributed by atoms with van der Waals surface area (Å²) in [5.41, 5.74) is -2.22. The van der Waals surface area contributed by atoms with Crippen molar-refractivity contribution >= 4 is 29.0 Å². The van der Waals surface area contributed by atoms with Crippen molar-refractivity contribution in [2.24, 2.45) is 0 Å². The molecule has 0 heterocycles. The van der Waals surface area contributed by atoms with Crippen LogP contribution in [0.4, 0.5) is 26.3 Å². The number of aryl methyl sites for hydroxylation is 1. The maximum absolute atomic E-state index is 12.8. The molecule has 0 spiro atoms. The van der Waals surface area contributed by atoms with Gasteiger partial charge >= 0.3 is 12.4 Å². The highest BCUT2D eigenvalue weighted by Crippen LogP contribution is 2.36. The predicted octanol–water partition coefficient (Wildman–Crippen LogP) is 7.17. The minimum Gasteiger partial charge on any atom is -0.299 e. The third-order valence-corrected chi connectivity index (χ3v) is 4.69. The van der Waals surface area contributed by atoms with Crippen LogP contribution in [0.2, 0.25) is 10.0 Å². The van der Waals surface area contributed by atoms with Gasteiger partial charge < -0.3 is 0 Å². The Hall–Kier alpha value is -1.73. The molecule has 152 valence electrons. The number of benzene rings is 2. The van der Waals surface area contributed by atoms with E-state index in [-0.39, 0.29) is 48.1 Å². The van der Waals surface area contributed by atoms with Crippen molar-refractivity contribution in [2.75, 3.05) is 0 Å². The zero-order chi connectivity index (χ0) is 21.1. The maximum Gasteiger partial charge on any atom is 0.416 e. The maximum atomic E-state index is 12.8. The molecule has 0 unspecified atom stereocenters. The lowest BCUT2D eigenvalue weighted by molar-refractivity contribution is -0.143. The van der Waals surface area contributed by atoms with Gasteiger partial charge in [0, 0.05) is 12.8 Å². The van der Waals surface area contributed by atoms with E-state index < -0.39 is 23.5 Å². The van der Waals surface area contributed by atoms with E-state index in [1.165, 1.54) is 12.1 Å². The number of halogens is 8. The number of Topliss-reactive ketones (excluding diaryl/α,β-unsaturated/α-hetero) is 1. The molecule has 1 nitrogen and oxygen atoms in total. The summed E-state index contributed by atoms with van der Waals surface area (Å²) >= 11 is 11.6. The molecule has 0 amide bonds. The van der Waals surface area contributed by atoms with Gasteiger partial charge in [0.15, 0.2) is 0 Å².